The van der Waals surface area contributed by atoms with Crippen LogP contribution in [0.15, 0.2) is 42.5 Å². The first kappa shape index (κ1) is 19.5. The fourth-order valence-electron chi connectivity index (χ4n) is 3.45. The zero-order valence-electron chi connectivity index (χ0n) is 15.6. The first-order valence-corrected chi connectivity index (χ1v) is 9.00. The smallest absolute Gasteiger partial charge is 0.308 e. The number of amides is 2. The van der Waals surface area contributed by atoms with E-state index < -0.39 is 29.7 Å². The average molecular weight is 384 g/mol. The Morgan fingerprint density at radius 3 is 2.54 bits per heavy atom. The molecule has 2 unspecified atom stereocenters. The second-order valence-corrected chi connectivity index (χ2v) is 6.94. The van der Waals surface area contributed by atoms with Crippen LogP contribution in [-0.4, -0.2) is 40.4 Å². The highest BCUT2D eigenvalue weighted by molar-refractivity contribution is 6.05. The summed E-state index contributed by atoms with van der Waals surface area (Å²) >= 11 is 0. The maximum absolute atomic E-state index is 13.8. The molecule has 2 aromatic carbocycles. The van der Waals surface area contributed by atoms with E-state index in [1.165, 1.54) is 29.2 Å². The number of hydrogen-bond donors (Lipinski definition) is 2. The topological polar surface area (TPSA) is 86.7 Å². The van der Waals surface area contributed by atoms with E-state index in [0.717, 1.165) is 5.56 Å². The van der Waals surface area contributed by atoms with Gasteiger partial charge in [0, 0.05) is 23.8 Å². The van der Waals surface area contributed by atoms with Gasteiger partial charge in [-0.25, -0.2) is 4.39 Å². The van der Waals surface area contributed by atoms with Crippen molar-refractivity contribution in [3.05, 3.63) is 65.0 Å². The van der Waals surface area contributed by atoms with Crippen LogP contribution in [0.4, 0.5) is 10.1 Å². The number of aliphatic carboxylic acids is 1. The lowest BCUT2D eigenvalue weighted by Crippen LogP contribution is -2.37. The molecule has 1 heterocycles. The van der Waals surface area contributed by atoms with Crippen LogP contribution in [0.3, 0.4) is 0 Å². The number of carboxylic acids is 1. The Hall–Kier alpha value is -3.22. The molecule has 7 heteroatoms. The van der Waals surface area contributed by atoms with Crippen molar-refractivity contribution >= 4 is 23.5 Å². The second kappa shape index (κ2) is 7.80. The molecule has 0 aromatic heterocycles. The van der Waals surface area contributed by atoms with Crippen molar-refractivity contribution in [3.8, 4) is 0 Å². The monoisotopic (exact) mass is 384 g/mol. The first-order chi connectivity index (χ1) is 13.3. The number of aryl methyl sites for hydroxylation is 1. The van der Waals surface area contributed by atoms with Gasteiger partial charge in [0.2, 0.25) is 0 Å². The quantitative estimate of drug-likeness (QED) is 0.847. The molecule has 6 nitrogen and oxygen atoms in total. The average Bonchev–Trinajstić information content (AvgIpc) is 3.05. The number of carbonyl (C=O) groups is 3. The summed E-state index contributed by atoms with van der Waals surface area (Å²) in [5.74, 6) is -3.03. The number of nitrogens with one attached hydrogen (secondary N) is 1. The van der Waals surface area contributed by atoms with E-state index in [1.54, 1.807) is 32.0 Å². The molecule has 1 saturated heterocycles. The summed E-state index contributed by atoms with van der Waals surface area (Å²) in [4.78, 5) is 38.1. The third-order valence-corrected chi connectivity index (χ3v) is 5.18. The van der Waals surface area contributed by atoms with Gasteiger partial charge in [0.25, 0.3) is 11.8 Å². The van der Waals surface area contributed by atoms with Gasteiger partial charge in [-0.15, -0.1) is 0 Å². The van der Waals surface area contributed by atoms with E-state index in [-0.39, 0.29) is 11.5 Å². The molecule has 2 atom stereocenters. The van der Waals surface area contributed by atoms with Crippen molar-refractivity contribution in [1.82, 2.24) is 4.90 Å². The standard InChI is InChI=1S/C21H21FN2O4/c1-12-7-8-14(20(26)24-10-9-15(13(24)2)21(27)28)11-18(12)23-19(25)16-5-3-4-6-17(16)22/h3-8,11,13,15H,9-10H2,1-2H3,(H,23,25)(H,27,28). The Labute approximate surface area is 162 Å². The third-order valence-electron chi connectivity index (χ3n) is 5.18. The van der Waals surface area contributed by atoms with Gasteiger partial charge in [-0.3, -0.25) is 14.4 Å². The molecule has 2 amide bonds. The minimum Gasteiger partial charge on any atom is -0.481 e. The number of likely N-dealkylation sites (tertiary alicyclic amines) is 1. The predicted molar refractivity (Wildman–Crippen MR) is 102 cm³/mol. The molecule has 1 aliphatic rings. The van der Waals surface area contributed by atoms with E-state index >= 15 is 0 Å². The lowest BCUT2D eigenvalue weighted by molar-refractivity contribution is -0.142. The highest BCUT2D eigenvalue weighted by Crippen LogP contribution is 2.27. The molecular weight excluding hydrogens is 363 g/mol. The first-order valence-electron chi connectivity index (χ1n) is 9.00. The van der Waals surface area contributed by atoms with Crippen molar-refractivity contribution < 1.29 is 23.9 Å². The van der Waals surface area contributed by atoms with Gasteiger partial charge in [0.05, 0.1) is 11.5 Å². The van der Waals surface area contributed by atoms with E-state index in [9.17, 15) is 23.9 Å². The molecule has 1 aliphatic heterocycles. The van der Waals surface area contributed by atoms with E-state index in [0.29, 0.717) is 24.2 Å². The summed E-state index contributed by atoms with van der Waals surface area (Å²) in [5, 5.41) is 11.9. The number of nitrogens with zero attached hydrogens (tertiary/aromatic N) is 1. The van der Waals surface area contributed by atoms with Gasteiger partial charge in [-0.05, 0) is 50.1 Å². The molecule has 1 fully saturated rings. The van der Waals surface area contributed by atoms with Crippen molar-refractivity contribution in [2.24, 2.45) is 5.92 Å². The van der Waals surface area contributed by atoms with Crippen LogP contribution < -0.4 is 5.32 Å². The van der Waals surface area contributed by atoms with Crippen LogP contribution in [0.25, 0.3) is 0 Å². The number of rotatable bonds is 4. The number of carbonyl (C=O) groups excluding carboxylic acids is 2. The van der Waals surface area contributed by atoms with Gasteiger partial charge < -0.3 is 15.3 Å². The van der Waals surface area contributed by atoms with E-state index in [2.05, 4.69) is 5.32 Å². The van der Waals surface area contributed by atoms with Gasteiger partial charge in [-0.2, -0.15) is 0 Å². The van der Waals surface area contributed by atoms with Crippen LogP contribution in [0.2, 0.25) is 0 Å². The minimum atomic E-state index is -0.912. The number of anilines is 1. The van der Waals surface area contributed by atoms with Crippen molar-refractivity contribution in [2.45, 2.75) is 26.3 Å². The summed E-state index contributed by atoms with van der Waals surface area (Å²) < 4.78 is 13.8. The number of benzene rings is 2. The number of carboxylic acid groups (broad SMARTS) is 1. The fourth-order valence-corrected chi connectivity index (χ4v) is 3.45. The molecule has 146 valence electrons. The Balaban J connectivity index is 1.82. The maximum Gasteiger partial charge on any atom is 0.308 e. The van der Waals surface area contributed by atoms with Crippen LogP contribution in [-0.2, 0) is 4.79 Å². The zero-order valence-corrected chi connectivity index (χ0v) is 15.6. The third kappa shape index (κ3) is 3.74. The fraction of sp³-hybridized carbons (Fsp3) is 0.286. The zero-order chi connectivity index (χ0) is 20.4. The molecule has 2 N–H and O–H groups in total. The Bertz CT molecular complexity index is 944. The number of hydrogen-bond acceptors (Lipinski definition) is 3. The van der Waals surface area contributed by atoms with Gasteiger partial charge >= 0.3 is 5.97 Å². The maximum atomic E-state index is 13.8. The summed E-state index contributed by atoms with van der Waals surface area (Å²) in [7, 11) is 0. The van der Waals surface area contributed by atoms with Crippen molar-refractivity contribution in [1.29, 1.82) is 0 Å². The lowest BCUT2D eigenvalue weighted by Gasteiger charge is -2.23. The summed E-state index contributed by atoms with van der Waals surface area (Å²) in [6, 6.07) is 10.1. The Morgan fingerprint density at radius 1 is 1.18 bits per heavy atom. The summed E-state index contributed by atoms with van der Waals surface area (Å²) in [6.07, 6.45) is 0.408. The molecule has 3 rings (SSSR count). The van der Waals surface area contributed by atoms with Crippen LogP contribution in [0.5, 0.6) is 0 Å². The van der Waals surface area contributed by atoms with Crippen molar-refractivity contribution in [2.75, 3.05) is 11.9 Å². The van der Waals surface area contributed by atoms with Crippen LogP contribution >= 0.6 is 0 Å². The molecule has 0 bridgehead atoms. The van der Waals surface area contributed by atoms with E-state index in [1.807, 2.05) is 0 Å². The van der Waals surface area contributed by atoms with Crippen LogP contribution in [0.1, 0.15) is 39.6 Å². The summed E-state index contributed by atoms with van der Waals surface area (Å²) in [6.45, 7) is 3.85. The number of halogens is 1. The minimum absolute atomic E-state index is 0.0869. The lowest BCUT2D eigenvalue weighted by atomic mass is 10.0. The normalized spacial score (nSPS) is 18.8. The van der Waals surface area contributed by atoms with Crippen molar-refractivity contribution in [3.63, 3.8) is 0 Å². The molecule has 0 aliphatic carbocycles. The second-order valence-electron chi connectivity index (χ2n) is 6.94. The molecule has 0 saturated carbocycles. The largest absolute Gasteiger partial charge is 0.481 e. The molecule has 28 heavy (non-hydrogen) atoms. The Kier molecular flexibility index (Phi) is 5.44. The summed E-state index contributed by atoms with van der Waals surface area (Å²) in [5.41, 5.74) is 1.38. The van der Waals surface area contributed by atoms with Gasteiger partial charge in [0.15, 0.2) is 0 Å². The predicted octanol–water partition coefficient (Wildman–Crippen LogP) is 3.32. The molecule has 0 spiro atoms. The molecule has 0 radical (unpaired) electrons. The van der Waals surface area contributed by atoms with Gasteiger partial charge in [-0.1, -0.05) is 18.2 Å². The van der Waals surface area contributed by atoms with Gasteiger partial charge in [0.1, 0.15) is 5.82 Å². The molecule has 2 aromatic rings. The van der Waals surface area contributed by atoms with E-state index in [4.69, 9.17) is 0 Å². The highest BCUT2D eigenvalue weighted by Gasteiger charge is 2.38. The Morgan fingerprint density at radius 2 is 1.89 bits per heavy atom. The van der Waals surface area contributed by atoms with Crippen LogP contribution in [0, 0.1) is 18.7 Å². The highest BCUT2D eigenvalue weighted by atomic mass is 19.1. The SMILES string of the molecule is Cc1ccc(C(=O)N2CCC(C(=O)O)C2C)cc1NC(=O)c1ccccc1F. The molecular formula is C21H21FN2O4.